The van der Waals surface area contributed by atoms with Crippen molar-refractivity contribution < 1.29 is 9.53 Å². The zero-order valence-corrected chi connectivity index (χ0v) is 30.4. The summed E-state index contributed by atoms with van der Waals surface area (Å²) in [4.78, 5) is 12.2. The standard InChI is InChI=1S/C42H70O2/c1-20-21(2)34-24(5)25(6)36-28(9)31(19-30(17-14-18-32(43)44-10)29-15-12-11-13-16-29)37-27(8)26(7)35-23(4)22(3)33(20)38-39(34)41(36)42(37)40(35)38/h20-31,33-42H,11-19H2,1-10H3. The maximum Gasteiger partial charge on any atom is 0.305 e. The van der Waals surface area contributed by atoms with E-state index in [9.17, 15) is 4.79 Å². The fraction of sp³-hybridized carbons (Fsp3) is 0.976. The third-order valence-corrected chi connectivity index (χ3v) is 18.5. The van der Waals surface area contributed by atoms with E-state index in [2.05, 4.69) is 62.3 Å². The van der Waals surface area contributed by atoms with Gasteiger partial charge in [-0.1, -0.05) is 94.4 Å². The van der Waals surface area contributed by atoms with Crippen molar-refractivity contribution in [1.29, 1.82) is 0 Å². The first kappa shape index (κ1) is 32.0. The number of rotatable bonds is 7. The molecule has 0 aromatic carbocycles. The number of carbonyl (C=O) groups is 1. The first-order valence-corrected chi connectivity index (χ1v) is 20.1. The number of ether oxygens (including phenoxy) is 1. The van der Waals surface area contributed by atoms with Gasteiger partial charge in [0.1, 0.15) is 0 Å². The van der Waals surface area contributed by atoms with Gasteiger partial charge in [0, 0.05) is 6.42 Å². The van der Waals surface area contributed by atoms with Crippen molar-refractivity contribution in [2.45, 2.75) is 120 Å². The number of methoxy groups -OCH3 is 1. The molecule has 7 aliphatic rings. The summed E-state index contributed by atoms with van der Waals surface area (Å²) in [5.74, 6) is 20.1. The molecule has 250 valence electrons. The molecular formula is C42H70O2. The highest BCUT2D eigenvalue weighted by Gasteiger charge is 2.75. The lowest BCUT2D eigenvalue weighted by atomic mass is 9.41. The quantitative estimate of drug-likeness (QED) is 0.270. The van der Waals surface area contributed by atoms with Crippen molar-refractivity contribution in [3.8, 4) is 0 Å². The topological polar surface area (TPSA) is 26.3 Å². The Morgan fingerprint density at radius 2 is 0.932 bits per heavy atom. The zero-order chi connectivity index (χ0) is 31.4. The zero-order valence-electron chi connectivity index (χ0n) is 30.4. The summed E-state index contributed by atoms with van der Waals surface area (Å²) < 4.78 is 5.09. The van der Waals surface area contributed by atoms with Crippen LogP contribution in [-0.2, 0) is 9.53 Å². The molecule has 2 nitrogen and oxygen atoms in total. The van der Waals surface area contributed by atoms with Gasteiger partial charge in [0.15, 0.2) is 0 Å². The van der Waals surface area contributed by atoms with E-state index >= 15 is 0 Å². The van der Waals surface area contributed by atoms with Gasteiger partial charge in [-0.2, -0.15) is 0 Å². The third kappa shape index (κ3) is 4.46. The van der Waals surface area contributed by atoms with Crippen LogP contribution in [0.3, 0.4) is 0 Å². The number of hydrogen-bond donors (Lipinski definition) is 0. The molecule has 0 spiro atoms. The summed E-state index contributed by atoms with van der Waals surface area (Å²) in [5.41, 5.74) is 0. The summed E-state index contributed by atoms with van der Waals surface area (Å²) in [6, 6.07) is 0. The normalized spacial score (nSPS) is 56.7. The van der Waals surface area contributed by atoms with Crippen molar-refractivity contribution >= 4 is 5.97 Å². The first-order chi connectivity index (χ1) is 21.0. The van der Waals surface area contributed by atoms with Crippen LogP contribution in [0.4, 0.5) is 0 Å². The highest BCUT2D eigenvalue weighted by atomic mass is 16.5. The number of esters is 1. The third-order valence-electron chi connectivity index (χ3n) is 18.5. The molecule has 21 unspecified atom stereocenters. The van der Waals surface area contributed by atoms with Gasteiger partial charge in [0.05, 0.1) is 7.11 Å². The highest BCUT2D eigenvalue weighted by molar-refractivity contribution is 5.68. The van der Waals surface area contributed by atoms with Gasteiger partial charge >= 0.3 is 5.97 Å². The summed E-state index contributed by atoms with van der Waals surface area (Å²) in [7, 11) is 1.56. The van der Waals surface area contributed by atoms with Gasteiger partial charge < -0.3 is 4.74 Å². The molecule has 0 amide bonds. The van der Waals surface area contributed by atoms with Crippen LogP contribution >= 0.6 is 0 Å². The Balaban J connectivity index is 1.29. The Morgan fingerprint density at radius 1 is 0.545 bits per heavy atom. The molecule has 7 fully saturated rings. The minimum Gasteiger partial charge on any atom is -0.469 e. The van der Waals surface area contributed by atoms with Gasteiger partial charge in [-0.3, -0.25) is 4.79 Å². The van der Waals surface area contributed by atoms with Gasteiger partial charge in [0.25, 0.3) is 0 Å². The van der Waals surface area contributed by atoms with Crippen LogP contribution < -0.4 is 0 Å². The van der Waals surface area contributed by atoms with Crippen molar-refractivity contribution in [2.24, 2.45) is 130 Å². The predicted octanol–water partition coefficient (Wildman–Crippen LogP) is 10.5. The maximum atomic E-state index is 12.2. The second-order valence-corrected chi connectivity index (χ2v) is 19.0. The molecule has 0 aliphatic heterocycles. The Bertz CT molecular complexity index is 1020. The molecule has 44 heavy (non-hydrogen) atoms. The summed E-state index contributed by atoms with van der Waals surface area (Å²) in [5, 5.41) is 0. The van der Waals surface area contributed by atoms with Gasteiger partial charge in [-0.15, -0.1) is 0 Å². The summed E-state index contributed by atoms with van der Waals surface area (Å²) >= 11 is 0. The molecule has 0 radical (unpaired) electrons. The average molecular weight is 607 g/mol. The monoisotopic (exact) mass is 607 g/mol. The van der Waals surface area contributed by atoms with Crippen molar-refractivity contribution in [3.63, 3.8) is 0 Å². The molecule has 0 saturated heterocycles. The minimum atomic E-state index is -0.00571. The summed E-state index contributed by atoms with van der Waals surface area (Å²) in [6.45, 7) is 24.6. The van der Waals surface area contributed by atoms with E-state index in [1.165, 1.54) is 44.9 Å². The Hall–Kier alpha value is -0.530. The van der Waals surface area contributed by atoms with E-state index in [-0.39, 0.29) is 5.97 Å². The molecule has 21 atom stereocenters. The molecule has 0 heterocycles. The van der Waals surface area contributed by atoms with E-state index in [0.717, 1.165) is 137 Å². The van der Waals surface area contributed by atoms with Crippen molar-refractivity contribution in [1.82, 2.24) is 0 Å². The Morgan fingerprint density at radius 3 is 1.36 bits per heavy atom. The fourth-order valence-electron chi connectivity index (χ4n) is 16.5. The smallest absolute Gasteiger partial charge is 0.305 e. The van der Waals surface area contributed by atoms with Gasteiger partial charge in [0.2, 0.25) is 0 Å². The fourth-order valence-corrected chi connectivity index (χ4v) is 16.5. The largest absolute Gasteiger partial charge is 0.469 e. The molecule has 0 aromatic rings. The van der Waals surface area contributed by atoms with Crippen LogP contribution in [0, 0.1) is 130 Å². The predicted molar refractivity (Wildman–Crippen MR) is 181 cm³/mol. The van der Waals surface area contributed by atoms with Gasteiger partial charge in [-0.25, -0.2) is 0 Å². The van der Waals surface area contributed by atoms with Crippen LogP contribution in [0.15, 0.2) is 0 Å². The van der Waals surface area contributed by atoms with E-state index in [1.807, 2.05) is 0 Å². The summed E-state index contributed by atoms with van der Waals surface area (Å²) in [6.07, 6.45) is 11.5. The van der Waals surface area contributed by atoms with E-state index in [0.29, 0.717) is 6.42 Å². The maximum absolute atomic E-state index is 12.2. The Kier molecular flexibility index (Phi) is 8.64. The first-order valence-electron chi connectivity index (χ1n) is 20.1. The molecule has 0 N–H and O–H groups in total. The SMILES string of the molecule is COC(=O)CCCC(CC1C(C)C2C(C)C(C)C3C(C)C(C)C4C(C)C(C)C5C(C)C(C)C1C1C5C4C3C21)C1CCCCC1. The lowest BCUT2D eigenvalue weighted by Crippen LogP contribution is -2.59. The highest BCUT2D eigenvalue weighted by Crippen LogP contribution is 2.79. The molecule has 0 bridgehead atoms. The minimum absolute atomic E-state index is 0.00571. The van der Waals surface area contributed by atoms with Gasteiger partial charge in [-0.05, 0) is 149 Å². The Labute approximate surface area is 272 Å². The lowest BCUT2D eigenvalue weighted by molar-refractivity contribution is -0.161. The van der Waals surface area contributed by atoms with Crippen molar-refractivity contribution in [2.75, 3.05) is 7.11 Å². The van der Waals surface area contributed by atoms with Crippen LogP contribution in [0.5, 0.6) is 0 Å². The van der Waals surface area contributed by atoms with Crippen LogP contribution in [0.2, 0.25) is 0 Å². The van der Waals surface area contributed by atoms with Crippen LogP contribution in [0.25, 0.3) is 0 Å². The molecule has 7 saturated carbocycles. The number of carbonyl (C=O) groups excluding carboxylic acids is 1. The van der Waals surface area contributed by atoms with E-state index in [4.69, 9.17) is 4.74 Å². The average Bonchev–Trinajstić information content (AvgIpc) is 3.34. The molecular weight excluding hydrogens is 536 g/mol. The van der Waals surface area contributed by atoms with E-state index < -0.39 is 0 Å². The second kappa shape index (κ2) is 11.9. The molecule has 7 rings (SSSR count). The van der Waals surface area contributed by atoms with Crippen molar-refractivity contribution in [3.05, 3.63) is 0 Å². The van der Waals surface area contributed by atoms with Crippen LogP contribution in [0.1, 0.15) is 120 Å². The molecule has 2 heteroatoms. The van der Waals surface area contributed by atoms with Crippen LogP contribution in [-0.4, -0.2) is 13.1 Å². The number of hydrogen-bond acceptors (Lipinski definition) is 2. The molecule has 0 aromatic heterocycles. The second-order valence-electron chi connectivity index (χ2n) is 19.0. The van der Waals surface area contributed by atoms with E-state index in [1.54, 1.807) is 7.11 Å². The molecule has 7 aliphatic carbocycles. The lowest BCUT2D eigenvalue weighted by Gasteiger charge is -2.63.